The summed E-state index contributed by atoms with van der Waals surface area (Å²) in [5, 5.41) is 9.00. The number of nitrogens with two attached hydrogens (primary N) is 1. The van der Waals surface area contributed by atoms with Crippen molar-refractivity contribution >= 4 is 23.2 Å². The van der Waals surface area contributed by atoms with Gasteiger partial charge in [-0.15, -0.1) is 0 Å². The number of rotatable bonds is 3. The van der Waals surface area contributed by atoms with E-state index in [0.717, 1.165) is 28.8 Å². The summed E-state index contributed by atoms with van der Waals surface area (Å²) < 4.78 is 1.64. The molecule has 31 heavy (non-hydrogen) atoms. The molecule has 1 fully saturated rings. The molecule has 156 valence electrons. The Morgan fingerprint density at radius 2 is 2.00 bits per heavy atom. The Morgan fingerprint density at radius 1 is 1.16 bits per heavy atom. The Bertz CT molecular complexity index is 1250. The molecule has 5 rings (SSSR count). The third kappa shape index (κ3) is 3.69. The highest BCUT2D eigenvalue weighted by atomic mass is 16.7. The average Bonchev–Trinajstić information content (AvgIpc) is 3.41. The molecule has 1 saturated heterocycles. The quantitative estimate of drug-likeness (QED) is 0.524. The molecular formula is C23H22N6O2. The standard InChI is InChI=1S/C23H22N6O2/c1-15-7-8-17(18-9-10-22-26-21(24)14-28(22)27-18)13-19(15)25-23(30)29-20(11-12-31-29)16-5-3-2-4-6-16/h2-10,13-14,20H,11-12,24H2,1H3,(H,25,30)/t20-/m0/s1. The second-order valence-corrected chi connectivity index (χ2v) is 7.52. The Balaban J connectivity index is 1.40. The monoisotopic (exact) mass is 414 g/mol. The van der Waals surface area contributed by atoms with Crippen LogP contribution in [0.15, 0.2) is 66.9 Å². The number of carbonyl (C=O) groups excluding carboxylic acids is 1. The van der Waals surface area contributed by atoms with E-state index in [-0.39, 0.29) is 12.1 Å². The summed E-state index contributed by atoms with van der Waals surface area (Å²) in [6.45, 7) is 2.45. The van der Waals surface area contributed by atoms with E-state index in [1.165, 1.54) is 5.06 Å². The number of hydrogen-bond acceptors (Lipinski definition) is 5. The van der Waals surface area contributed by atoms with E-state index in [2.05, 4.69) is 15.4 Å². The topological polar surface area (TPSA) is 97.8 Å². The largest absolute Gasteiger partial charge is 0.382 e. The summed E-state index contributed by atoms with van der Waals surface area (Å²) >= 11 is 0. The SMILES string of the molecule is Cc1ccc(-c2ccc3nc(N)cn3n2)cc1NC(=O)N1OCC[C@H]1c1ccccc1. The number of amides is 2. The number of urea groups is 1. The van der Waals surface area contributed by atoms with Crippen molar-refractivity contribution in [1.29, 1.82) is 0 Å². The smallest absolute Gasteiger partial charge is 0.346 e. The van der Waals surface area contributed by atoms with Crippen LogP contribution in [0.5, 0.6) is 0 Å². The molecule has 0 spiro atoms. The van der Waals surface area contributed by atoms with Gasteiger partial charge in [0.05, 0.1) is 24.5 Å². The van der Waals surface area contributed by atoms with E-state index in [0.29, 0.717) is 23.8 Å². The fourth-order valence-corrected chi connectivity index (χ4v) is 3.79. The molecule has 2 aromatic carbocycles. The molecule has 8 nitrogen and oxygen atoms in total. The van der Waals surface area contributed by atoms with Crippen LogP contribution in [0.25, 0.3) is 16.9 Å². The van der Waals surface area contributed by atoms with Gasteiger partial charge in [-0.25, -0.2) is 14.3 Å². The van der Waals surface area contributed by atoms with E-state index in [4.69, 9.17) is 10.6 Å². The van der Waals surface area contributed by atoms with Crippen LogP contribution in [-0.4, -0.2) is 32.3 Å². The number of carbonyl (C=O) groups is 1. The van der Waals surface area contributed by atoms with Gasteiger partial charge in [0.2, 0.25) is 0 Å². The molecule has 4 aromatic rings. The summed E-state index contributed by atoms with van der Waals surface area (Å²) in [5.41, 5.74) is 10.8. The number of benzene rings is 2. The van der Waals surface area contributed by atoms with E-state index >= 15 is 0 Å². The lowest BCUT2D eigenvalue weighted by Gasteiger charge is -2.23. The van der Waals surface area contributed by atoms with Gasteiger partial charge in [-0.1, -0.05) is 42.5 Å². The number of imidazole rings is 1. The molecule has 8 heteroatoms. The third-order valence-electron chi connectivity index (χ3n) is 5.40. The molecule has 3 N–H and O–H groups in total. The number of hydrogen-bond donors (Lipinski definition) is 2. The first-order valence-electron chi connectivity index (χ1n) is 10.1. The second-order valence-electron chi connectivity index (χ2n) is 7.52. The minimum atomic E-state index is -0.294. The molecule has 3 heterocycles. The molecule has 1 atom stereocenters. The minimum Gasteiger partial charge on any atom is -0.382 e. The predicted octanol–water partition coefficient (Wildman–Crippen LogP) is 4.20. The summed E-state index contributed by atoms with van der Waals surface area (Å²) in [5.74, 6) is 0.417. The van der Waals surface area contributed by atoms with Gasteiger partial charge in [0.25, 0.3) is 0 Å². The van der Waals surface area contributed by atoms with Crippen molar-refractivity contribution in [2.75, 3.05) is 17.7 Å². The van der Waals surface area contributed by atoms with Crippen molar-refractivity contribution in [3.63, 3.8) is 0 Å². The van der Waals surface area contributed by atoms with Gasteiger partial charge >= 0.3 is 6.03 Å². The maximum atomic E-state index is 13.0. The van der Waals surface area contributed by atoms with Crippen LogP contribution >= 0.6 is 0 Å². The number of nitrogens with zero attached hydrogens (tertiary/aromatic N) is 4. The van der Waals surface area contributed by atoms with E-state index in [1.807, 2.05) is 67.6 Å². The average molecular weight is 414 g/mol. The van der Waals surface area contributed by atoms with Crippen molar-refractivity contribution in [1.82, 2.24) is 19.7 Å². The van der Waals surface area contributed by atoms with Crippen molar-refractivity contribution in [2.24, 2.45) is 0 Å². The first-order chi connectivity index (χ1) is 15.1. The lowest BCUT2D eigenvalue weighted by molar-refractivity contribution is -0.0829. The second kappa shape index (κ2) is 7.73. The molecule has 2 aromatic heterocycles. The zero-order valence-electron chi connectivity index (χ0n) is 17.0. The molecule has 0 radical (unpaired) electrons. The van der Waals surface area contributed by atoms with Crippen LogP contribution in [-0.2, 0) is 4.84 Å². The molecule has 0 bridgehead atoms. The maximum absolute atomic E-state index is 13.0. The number of hydroxylamine groups is 2. The van der Waals surface area contributed by atoms with Gasteiger partial charge in [-0.2, -0.15) is 10.2 Å². The zero-order chi connectivity index (χ0) is 21.4. The highest BCUT2D eigenvalue weighted by Crippen LogP contribution is 2.31. The number of anilines is 2. The van der Waals surface area contributed by atoms with Crippen molar-refractivity contribution in [2.45, 2.75) is 19.4 Å². The normalized spacial score (nSPS) is 16.0. The number of aromatic nitrogens is 3. The first-order valence-corrected chi connectivity index (χ1v) is 10.1. The first kappa shape index (κ1) is 19.1. The molecule has 0 saturated carbocycles. The molecule has 1 aliphatic heterocycles. The molecule has 0 unspecified atom stereocenters. The lowest BCUT2D eigenvalue weighted by Crippen LogP contribution is -2.33. The molecule has 2 amide bonds. The summed E-state index contributed by atoms with van der Waals surface area (Å²) in [6.07, 6.45) is 2.43. The van der Waals surface area contributed by atoms with Crippen LogP contribution in [0, 0.1) is 6.92 Å². The minimum absolute atomic E-state index is 0.111. The number of nitrogens with one attached hydrogen (secondary N) is 1. The van der Waals surface area contributed by atoms with Crippen molar-refractivity contribution in [3.05, 3.63) is 78.0 Å². The van der Waals surface area contributed by atoms with Crippen LogP contribution in [0.2, 0.25) is 0 Å². The summed E-state index contributed by atoms with van der Waals surface area (Å²) in [4.78, 5) is 22.9. The highest BCUT2D eigenvalue weighted by molar-refractivity contribution is 5.90. The maximum Gasteiger partial charge on any atom is 0.346 e. The van der Waals surface area contributed by atoms with Gasteiger partial charge in [-0.3, -0.25) is 4.84 Å². The van der Waals surface area contributed by atoms with Crippen LogP contribution in [0.3, 0.4) is 0 Å². The van der Waals surface area contributed by atoms with Crippen LogP contribution in [0.4, 0.5) is 16.3 Å². The van der Waals surface area contributed by atoms with Crippen molar-refractivity contribution < 1.29 is 9.63 Å². The van der Waals surface area contributed by atoms with Crippen molar-refractivity contribution in [3.8, 4) is 11.3 Å². The highest BCUT2D eigenvalue weighted by Gasteiger charge is 2.32. The Morgan fingerprint density at radius 3 is 2.84 bits per heavy atom. The van der Waals surface area contributed by atoms with Gasteiger partial charge < -0.3 is 11.1 Å². The van der Waals surface area contributed by atoms with E-state index < -0.39 is 0 Å². The van der Waals surface area contributed by atoms with E-state index in [1.54, 1.807) is 10.7 Å². The Hall–Kier alpha value is -3.91. The van der Waals surface area contributed by atoms with E-state index in [9.17, 15) is 4.79 Å². The zero-order valence-corrected chi connectivity index (χ0v) is 17.0. The Kier molecular flexibility index (Phi) is 4.76. The van der Waals surface area contributed by atoms with Gasteiger partial charge in [-0.05, 0) is 36.2 Å². The lowest BCUT2D eigenvalue weighted by atomic mass is 10.0. The number of fused-ring (bicyclic) bond motifs is 1. The van der Waals surface area contributed by atoms with Crippen LogP contribution in [0.1, 0.15) is 23.6 Å². The summed E-state index contributed by atoms with van der Waals surface area (Å²) in [7, 11) is 0. The van der Waals surface area contributed by atoms with Crippen LogP contribution < -0.4 is 11.1 Å². The molecule has 1 aliphatic rings. The van der Waals surface area contributed by atoms with Gasteiger partial charge in [0.15, 0.2) is 5.65 Å². The van der Waals surface area contributed by atoms with Gasteiger partial charge in [0.1, 0.15) is 5.82 Å². The third-order valence-corrected chi connectivity index (χ3v) is 5.40. The fraction of sp³-hybridized carbons (Fsp3) is 0.174. The Labute approximate surface area is 179 Å². The van der Waals surface area contributed by atoms with Gasteiger partial charge in [0, 0.05) is 17.7 Å². The number of aryl methyl sites for hydroxylation is 1. The predicted molar refractivity (Wildman–Crippen MR) is 118 cm³/mol. The molecular weight excluding hydrogens is 392 g/mol. The molecule has 0 aliphatic carbocycles. The number of nitrogen functional groups attached to an aromatic ring is 1. The summed E-state index contributed by atoms with van der Waals surface area (Å²) in [6, 6.07) is 19.1. The fourth-order valence-electron chi connectivity index (χ4n) is 3.79.